The molecule has 0 aliphatic carbocycles. The molecule has 0 atom stereocenters. The molecule has 0 radical (unpaired) electrons. The molecule has 3 heterocycles. The van der Waals surface area contributed by atoms with Crippen molar-refractivity contribution in [3.05, 3.63) is 89.7 Å². The lowest BCUT2D eigenvalue weighted by Crippen LogP contribution is -2.12. The lowest BCUT2D eigenvalue weighted by molar-refractivity contribution is 0.0691. The van der Waals surface area contributed by atoms with Crippen molar-refractivity contribution >= 4 is 39.8 Å². The number of amides is 1. The second kappa shape index (κ2) is 8.05. The maximum Gasteiger partial charge on any atom is 0.355 e. The third kappa shape index (κ3) is 3.61. The molecular formula is C23H15N5O3S. The van der Waals surface area contributed by atoms with Gasteiger partial charge in [0.15, 0.2) is 5.69 Å². The third-order valence-electron chi connectivity index (χ3n) is 4.80. The fraction of sp³-hybridized carbons (Fsp3) is 0. The van der Waals surface area contributed by atoms with E-state index >= 15 is 0 Å². The van der Waals surface area contributed by atoms with Crippen molar-refractivity contribution in [2.24, 2.45) is 0 Å². The predicted octanol–water partition coefficient (Wildman–Crippen LogP) is 4.49. The number of carbonyl (C=O) groups is 2. The first kappa shape index (κ1) is 19.6. The number of aromatic carboxylic acids is 1. The first-order valence-corrected chi connectivity index (χ1v) is 10.5. The molecule has 156 valence electrons. The summed E-state index contributed by atoms with van der Waals surface area (Å²) in [5.74, 6) is -1.38. The Kier molecular flexibility index (Phi) is 4.92. The highest BCUT2D eigenvalue weighted by atomic mass is 32.1. The number of carboxylic acids is 1. The number of pyridine rings is 1. The average molecular weight is 441 g/mol. The molecule has 2 N–H and O–H groups in total. The second-order valence-corrected chi connectivity index (χ2v) is 7.71. The number of anilines is 1. The maximum atomic E-state index is 12.6. The number of carbonyl (C=O) groups excluding carboxylic acids is 1. The maximum absolute atomic E-state index is 12.6. The van der Waals surface area contributed by atoms with E-state index in [1.807, 2.05) is 36.4 Å². The van der Waals surface area contributed by atoms with Gasteiger partial charge in [0.25, 0.3) is 5.91 Å². The van der Waals surface area contributed by atoms with Gasteiger partial charge in [-0.1, -0.05) is 30.3 Å². The quantitative estimate of drug-likeness (QED) is 0.416. The Morgan fingerprint density at radius 2 is 1.88 bits per heavy atom. The van der Waals surface area contributed by atoms with Gasteiger partial charge in [-0.05, 0) is 30.3 Å². The van der Waals surface area contributed by atoms with Crippen molar-refractivity contribution in [1.82, 2.24) is 19.7 Å². The summed E-state index contributed by atoms with van der Waals surface area (Å²) >= 11 is 1.18. The zero-order valence-corrected chi connectivity index (χ0v) is 17.3. The van der Waals surface area contributed by atoms with E-state index in [1.165, 1.54) is 22.9 Å². The van der Waals surface area contributed by atoms with Crippen LogP contribution in [0.4, 0.5) is 5.69 Å². The molecule has 0 aliphatic heterocycles. The van der Waals surface area contributed by atoms with Crippen molar-refractivity contribution in [2.75, 3.05) is 5.32 Å². The van der Waals surface area contributed by atoms with Gasteiger partial charge >= 0.3 is 5.97 Å². The lowest BCUT2D eigenvalue weighted by Gasteiger charge is -2.06. The van der Waals surface area contributed by atoms with Crippen LogP contribution in [-0.4, -0.2) is 36.7 Å². The lowest BCUT2D eigenvalue weighted by atomic mass is 10.1. The van der Waals surface area contributed by atoms with Gasteiger partial charge in [0.1, 0.15) is 5.69 Å². The number of thiazole rings is 1. The third-order valence-corrected chi connectivity index (χ3v) is 5.62. The van der Waals surface area contributed by atoms with Crippen molar-refractivity contribution < 1.29 is 14.7 Å². The number of hydrogen-bond acceptors (Lipinski definition) is 6. The van der Waals surface area contributed by atoms with Crippen LogP contribution in [0.2, 0.25) is 0 Å². The molecule has 0 fully saturated rings. The molecule has 5 aromatic rings. The van der Waals surface area contributed by atoms with Crippen LogP contribution >= 0.6 is 11.3 Å². The number of benzene rings is 2. The zero-order valence-electron chi connectivity index (χ0n) is 16.5. The topological polar surface area (TPSA) is 110 Å². The van der Waals surface area contributed by atoms with Crippen LogP contribution < -0.4 is 5.32 Å². The Hall–Kier alpha value is -4.37. The van der Waals surface area contributed by atoms with E-state index in [1.54, 1.807) is 35.1 Å². The number of hydrogen-bond donors (Lipinski definition) is 2. The van der Waals surface area contributed by atoms with E-state index in [0.29, 0.717) is 21.9 Å². The van der Waals surface area contributed by atoms with Crippen LogP contribution in [0.3, 0.4) is 0 Å². The van der Waals surface area contributed by atoms with E-state index in [2.05, 4.69) is 15.3 Å². The highest BCUT2D eigenvalue weighted by Crippen LogP contribution is 2.32. The largest absolute Gasteiger partial charge is 0.476 e. The van der Waals surface area contributed by atoms with Crippen LogP contribution in [0.5, 0.6) is 0 Å². The van der Waals surface area contributed by atoms with Gasteiger partial charge in [0, 0.05) is 34.4 Å². The average Bonchev–Trinajstić information content (AvgIpc) is 3.45. The Labute approximate surface area is 185 Å². The molecule has 0 saturated heterocycles. The minimum Gasteiger partial charge on any atom is -0.476 e. The van der Waals surface area contributed by atoms with Crippen LogP contribution in [0.15, 0.2) is 78.4 Å². The molecule has 0 spiro atoms. The Bertz CT molecular complexity index is 1440. The monoisotopic (exact) mass is 441 g/mol. The van der Waals surface area contributed by atoms with E-state index < -0.39 is 5.97 Å². The highest BCUT2D eigenvalue weighted by Gasteiger charge is 2.18. The Balaban J connectivity index is 1.62. The van der Waals surface area contributed by atoms with E-state index in [-0.39, 0.29) is 11.6 Å². The Morgan fingerprint density at radius 1 is 1.03 bits per heavy atom. The Morgan fingerprint density at radius 3 is 2.59 bits per heavy atom. The minimum atomic E-state index is -1.10. The second-order valence-electron chi connectivity index (χ2n) is 6.87. The molecule has 9 heteroatoms. The summed E-state index contributed by atoms with van der Waals surface area (Å²) in [6.45, 7) is 0. The number of nitrogens with one attached hydrogen (secondary N) is 1. The smallest absolute Gasteiger partial charge is 0.355 e. The molecule has 0 unspecified atom stereocenters. The zero-order chi connectivity index (χ0) is 22.1. The molecule has 0 aliphatic rings. The van der Waals surface area contributed by atoms with Crippen molar-refractivity contribution in [3.63, 3.8) is 0 Å². The first-order chi connectivity index (χ1) is 15.6. The number of fused-ring (bicyclic) bond motifs is 1. The van der Waals surface area contributed by atoms with E-state index in [4.69, 9.17) is 5.10 Å². The summed E-state index contributed by atoms with van der Waals surface area (Å²) < 4.78 is 1.61. The summed E-state index contributed by atoms with van der Waals surface area (Å²) in [7, 11) is 0. The standard InChI is InChI=1S/C23H15N5O3S/c29-21(15-7-4-10-24-12-15)25-16-8-9-17-19(11-16)28(23-26-18(13-32-23)22(30)31)27-20(17)14-5-2-1-3-6-14/h1-13H,(H,25,29)(H,30,31). The SMILES string of the molecule is O=C(Nc1ccc2c(-c3ccccc3)nn(-c3nc(C(=O)O)cs3)c2c1)c1cccnc1. The molecule has 8 nitrogen and oxygen atoms in total. The number of rotatable bonds is 5. The van der Waals surface area contributed by atoms with Gasteiger partial charge in [-0.3, -0.25) is 9.78 Å². The minimum absolute atomic E-state index is 0.0454. The summed E-state index contributed by atoms with van der Waals surface area (Å²) in [4.78, 5) is 32.0. The fourth-order valence-electron chi connectivity index (χ4n) is 3.31. The van der Waals surface area contributed by atoms with Crippen LogP contribution in [0.1, 0.15) is 20.8 Å². The molecule has 2 aromatic carbocycles. The number of carboxylic acid groups (broad SMARTS) is 1. The van der Waals surface area contributed by atoms with E-state index in [9.17, 15) is 14.7 Å². The number of nitrogens with zero attached hydrogens (tertiary/aromatic N) is 4. The molecule has 32 heavy (non-hydrogen) atoms. The molecule has 5 rings (SSSR count). The van der Waals surface area contributed by atoms with E-state index in [0.717, 1.165) is 16.6 Å². The molecular weight excluding hydrogens is 426 g/mol. The molecule has 0 bridgehead atoms. The fourth-order valence-corrected chi connectivity index (χ4v) is 4.07. The van der Waals surface area contributed by atoms with Crippen molar-refractivity contribution in [2.45, 2.75) is 0 Å². The van der Waals surface area contributed by atoms with Crippen LogP contribution in [0, 0.1) is 0 Å². The number of aromatic nitrogens is 4. The van der Waals surface area contributed by atoms with Gasteiger partial charge in [-0.2, -0.15) is 5.10 Å². The molecule has 1 amide bonds. The van der Waals surface area contributed by atoms with Crippen LogP contribution in [-0.2, 0) is 0 Å². The summed E-state index contributed by atoms with van der Waals surface area (Å²) in [5, 5.41) is 19.6. The summed E-state index contributed by atoms with van der Waals surface area (Å²) in [5.41, 5.74) is 3.31. The van der Waals surface area contributed by atoms with Gasteiger partial charge < -0.3 is 10.4 Å². The first-order valence-electron chi connectivity index (χ1n) is 9.59. The summed E-state index contributed by atoms with van der Waals surface area (Å²) in [6.07, 6.45) is 3.10. The molecule has 3 aromatic heterocycles. The summed E-state index contributed by atoms with van der Waals surface area (Å²) in [6, 6.07) is 18.5. The highest BCUT2D eigenvalue weighted by molar-refractivity contribution is 7.12. The molecule has 0 saturated carbocycles. The predicted molar refractivity (Wildman–Crippen MR) is 121 cm³/mol. The van der Waals surface area contributed by atoms with Crippen LogP contribution in [0.25, 0.3) is 27.3 Å². The van der Waals surface area contributed by atoms with Gasteiger partial charge in [0.2, 0.25) is 5.13 Å². The van der Waals surface area contributed by atoms with Gasteiger partial charge in [-0.15, -0.1) is 11.3 Å². The van der Waals surface area contributed by atoms with Crippen molar-refractivity contribution in [3.8, 4) is 16.4 Å². The normalized spacial score (nSPS) is 10.9. The van der Waals surface area contributed by atoms with Crippen molar-refractivity contribution in [1.29, 1.82) is 0 Å². The van der Waals surface area contributed by atoms with Gasteiger partial charge in [0.05, 0.1) is 11.1 Å². The van der Waals surface area contributed by atoms with Gasteiger partial charge in [-0.25, -0.2) is 14.5 Å².